The normalized spacial score (nSPS) is 15.5. The number of hydrogen-bond acceptors (Lipinski definition) is 3. The highest BCUT2D eigenvalue weighted by Gasteiger charge is 2.28. The van der Waals surface area contributed by atoms with E-state index in [1.807, 2.05) is 0 Å². The van der Waals surface area contributed by atoms with Crippen molar-refractivity contribution in [3.05, 3.63) is 28.8 Å². The molecule has 86 valence electrons. The van der Waals surface area contributed by atoms with Gasteiger partial charge in [-0.2, -0.15) is 0 Å². The highest BCUT2D eigenvalue weighted by Crippen LogP contribution is 2.32. The zero-order chi connectivity index (χ0) is 11.9. The van der Waals surface area contributed by atoms with E-state index in [0.717, 1.165) is 6.07 Å². The van der Waals surface area contributed by atoms with Gasteiger partial charge < -0.3 is 10.5 Å². The average molecular weight is 227 g/mol. The average Bonchev–Trinajstić information content (AvgIpc) is 2.65. The molecule has 2 N–H and O–H groups in total. The number of carbonyl (C=O) groups excluding carboxylic acids is 1. The van der Waals surface area contributed by atoms with Gasteiger partial charge in [-0.05, 0) is 6.92 Å². The van der Waals surface area contributed by atoms with E-state index in [-0.39, 0.29) is 11.3 Å². The molecule has 1 aromatic carbocycles. The van der Waals surface area contributed by atoms with E-state index in [1.165, 1.54) is 6.92 Å². The fourth-order valence-electron chi connectivity index (χ4n) is 1.72. The van der Waals surface area contributed by atoms with Crippen LogP contribution in [0.25, 0.3) is 0 Å². The van der Waals surface area contributed by atoms with E-state index < -0.39 is 29.0 Å². The zero-order valence-corrected chi connectivity index (χ0v) is 8.72. The van der Waals surface area contributed by atoms with Gasteiger partial charge in [-0.3, -0.25) is 4.79 Å². The number of rotatable bonds is 2. The molecule has 2 rings (SSSR count). The molecule has 1 atom stereocenters. The highest BCUT2D eigenvalue weighted by molar-refractivity contribution is 6.00. The molecule has 16 heavy (non-hydrogen) atoms. The van der Waals surface area contributed by atoms with Gasteiger partial charge in [0.1, 0.15) is 17.4 Å². The smallest absolute Gasteiger partial charge is 0.185 e. The Morgan fingerprint density at radius 1 is 1.56 bits per heavy atom. The Morgan fingerprint density at radius 2 is 2.25 bits per heavy atom. The van der Waals surface area contributed by atoms with Gasteiger partial charge in [0.15, 0.2) is 5.78 Å². The lowest BCUT2D eigenvalue weighted by Gasteiger charge is -2.09. The van der Waals surface area contributed by atoms with Crippen molar-refractivity contribution < 1.29 is 18.3 Å². The van der Waals surface area contributed by atoms with Gasteiger partial charge in [-0.1, -0.05) is 0 Å². The lowest BCUT2D eigenvalue weighted by Crippen LogP contribution is -2.28. The first kappa shape index (κ1) is 11.0. The largest absolute Gasteiger partial charge is 0.493 e. The van der Waals surface area contributed by atoms with Crippen LogP contribution in [0.2, 0.25) is 0 Å². The summed E-state index contributed by atoms with van der Waals surface area (Å²) in [6.07, 6.45) is 0.348. The quantitative estimate of drug-likeness (QED) is 0.777. The Bertz CT molecular complexity index is 458. The van der Waals surface area contributed by atoms with Gasteiger partial charge >= 0.3 is 0 Å². The Balaban J connectivity index is 2.58. The van der Waals surface area contributed by atoms with Crippen LogP contribution in [-0.4, -0.2) is 18.4 Å². The standard InChI is InChI=1S/C11H11F2NO2/c1-5(14)11(15)9-7(12)4-8-6(10(9)13)2-3-16-8/h4-5H,2-3,14H2,1H3. The zero-order valence-electron chi connectivity index (χ0n) is 8.72. The fourth-order valence-corrected chi connectivity index (χ4v) is 1.72. The molecule has 0 radical (unpaired) electrons. The summed E-state index contributed by atoms with van der Waals surface area (Å²) in [6, 6.07) is 0.116. The number of fused-ring (bicyclic) bond motifs is 1. The van der Waals surface area contributed by atoms with Crippen molar-refractivity contribution >= 4 is 5.78 Å². The molecule has 1 aliphatic rings. The number of halogens is 2. The Kier molecular flexibility index (Phi) is 2.63. The SMILES string of the molecule is CC(N)C(=O)c1c(F)cc2c(c1F)CCO2. The first-order chi connectivity index (χ1) is 7.52. The third-order valence-corrected chi connectivity index (χ3v) is 2.55. The lowest BCUT2D eigenvalue weighted by atomic mass is 10.0. The Labute approximate surface area is 91.2 Å². The summed E-state index contributed by atoms with van der Waals surface area (Å²) in [5.74, 6) is -2.31. The molecule has 0 aromatic heterocycles. The predicted octanol–water partition coefficient (Wildman–Crippen LogP) is 1.43. The van der Waals surface area contributed by atoms with Gasteiger partial charge in [0, 0.05) is 18.1 Å². The van der Waals surface area contributed by atoms with Crippen LogP contribution in [0.1, 0.15) is 22.8 Å². The van der Waals surface area contributed by atoms with E-state index in [9.17, 15) is 13.6 Å². The van der Waals surface area contributed by atoms with Crippen molar-refractivity contribution in [1.29, 1.82) is 0 Å². The first-order valence-electron chi connectivity index (χ1n) is 4.96. The van der Waals surface area contributed by atoms with Crippen molar-refractivity contribution in [2.24, 2.45) is 5.73 Å². The monoisotopic (exact) mass is 227 g/mol. The van der Waals surface area contributed by atoms with E-state index in [0.29, 0.717) is 13.0 Å². The first-order valence-corrected chi connectivity index (χ1v) is 4.96. The molecule has 0 aliphatic carbocycles. The molecule has 1 heterocycles. The third kappa shape index (κ3) is 1.57. The molecule has 0 bridgehead atoms. The van der Waals surface area contributed by atoms with Gasteiger partial charge in [-0.25, -0.2) is 8.78 Å². The molecule has 0 amide bonds. The lowest BCUT2D eigenvalue weighted by molar-refractivity contribution is 0.0959. The van der Waals surface area contributed by atoms with Crippen LogP contribution < -0.4 is 10.5 Å². The summed E-state index contributed by atoms with van der Waals surface area (Å²) in [5.41, 5.74) is 5.04. The number of nitrogens with two attached hydrogens (primary N) is 1. The van der Waals surface area contributed by atoms with E-state index in [1.54, 1.807) is 0 Å². The minimum absolute atomic E-state index is 0.177. The second kappa shape index (κ2) is 3.83. The van der Waals surface area contributed by atoms with Crippen molar-refractivity contribution in [3.63, 3.8) is 0 Å². The molecule has 1 aliphatic heterocycles. The number of carbonyl (C=O) groups is 1. The summed E-state index contributed by atoms with van der Waals surface area (Å²) in [4.78, 5) is 11.5. The van der Waals surface area contributed by atoms with Crippen LogP contribution in [0, 0.1) is 11.6 Å². The molecular weight excluding hydrogens is 216 g/mol. The number of hydrogen-bond donors (Lipinski definition) is 1. The minimum Gasteiger partial charge on any atom is -0.493 e. The molecule has 1 unspecified atom stereocenters. The Hall–Kier alpha value is -1.49. The molecule has 1 aromatic rings. The second-order valence-corrected chi connectivity index (χ2v) is 3.78. The molecule has 0 saturated carbocycles. The van der Waals surface area contributed by atoms with Gasteiger partial charge in [0.05, 0.1) is 18.2 Å². The summed E-state index contributed by atoms with van der Waals surface area (Å²) < 4.78 is 32.4. The minimum atomic E-state index is -0.927. The van der Waals surface area contributed by atoms with Crippen LogP contribution in [0.3, 0.4) is 0 Å². The molecule has 3 nitrogen and oxygen atoms in total. The van der Waals surface area contributed by atoms with E-state index in [4.69, 9.17) is 10.5 Å². The Morgan fingerprint density at radius 3 is 2.88 bits per heavy atom. The van der Waals surface area contributed by atoms with Gasteiger partial charge in [0.25, 0.3) is 0 Å². The fraction of sp³-hybridized carbons (Fsp3) is 0.364. The van der Waals surface area contributed by atoms with Crippen LogP contribution in [0.5, 0.6) is 5.75 Å². The topological polar surface area (TPSA) is 52.3 Å². The molecule has 0 fully saturated rings. The van der Waals surface area contributed by atoms with E-state index >= 15 is 0 Å². The van der Waals surface area contributed by atoms with Crippen molar-refractivity contribution in [1.82, 2.24) is 0 Å². The van der Waals surface area contributed by atoms with Crippen molar-refractivity contribution in [3.8, 4) is 5.75 Å². The van der Waals surface area contributed by atoms with Crippen molar-refractivity contribution in [2.45, 2.75) is 19.4 Å². The number of benzene rings is 1. The molecule has 0 spiro atoms. The summed E-state index contributed by atoms with van der Waals surface area (Å²) in [6.45, 7) is 1.70. The molecule has 5 heteroatoms. The maximum Gasteiger partial charge on any atom is 0.185 e. The van der Waals surface area contributed by atoms with Crippen LogP contribution in [0.15, 0.2) is 6.07 Å². The maximum atomic E-state index is 13.8. The summed E-state index contributed by atoms with van der Waals surface area (Å²) >= 11 is 0. The highest BCUT2D eigenvalue weighted by atomic mass is 19.1. The number of ether oxygens (including phenoxy) is 1. The van der Waals surface area contributed by atoms with Crippen LogP contribution in [0.4, 0.5) is 8.78 Å². The molecular formula is C11H11F2NO2. The number of Topliss-reactive ketones (excluding diaryl/α,β-unsaturated/α-hetero) is 1. The number of ketones is 1. The van der Waals surface area contributed by atoms with Gasteiger partial charge in [-0.15, -0.1) is 0 Å². The maximum absolute atomic E-state index is 13.8. The predicted molar refractivity (Wildman–Crippen MR) is 53.5 cm³/mol. The van der Waals surface area contributed by atoms with Crippen molar-refractivity contribution in [2.75, 3.05) is 6.61 Å². The van der Waals surface area contributed by atoms with Crippen LogP contribution in [-0.2, 0) is 6.42 Å². The van der Waals surface area contributed by atoms with Crippen LogP contribution >= 0.6 is 0 Å². The third-order valence-electron chi connectivity index (χ3n) is 2.55. The van der Waals surface area contributed by atoms with Gasteiger partial charge in [0.2, 0.25) is 0 Å². The second-order valence-electron chi connectivity index (χ2n) is 3.78. The van der Waals surface area contributed by atoms with E-state index in [2.05, 4.69) is 0 Å². The summed E-state index contributed by atoms with van der Waals surface area (Å²) in [5, 5.41) is 0. The summed E-state index contributed by atoms with van der Waals surface area (Å²) in [7, 11) is 0. The molecule has 0 saturated heterocycles.